The molecule has 2 heterocycles. The first kappa shape index (κ1) is 22.2. The molecule has 0 aromatic heterocycles. The van der Waals surface area contributed by atoms with Crippen LogP contribution in [-0.2, 0) is 9.53 Å². The number of thioether (sulfide) groups is 1. The highest BCUT2D eigenvalue weighted by atomic mass is 32.2. The molecule has 2 rings (SSSR count). The average Bonchev–Trinajstić information content (AvgIpc) is 2.56. The number of hydrogen-bond donors (Lipinski definition) is 1. The third kappa shape index (κ3) is 5.92. The van der Waals surface area contributed by atoms with Crippen LogP contribution in [0.15, 0.2) is 23.0 Å². The summed E-state index contributed by atoms with van der Waals surface area (Å²) < 4.78 is 5.53. The number of carboxylic acids is 1. The quantitative estimate of drug-likeness (QED) is 0.701. The second-order valence-corrected chi connectivity index (χ2v) is 10.2. The van der Waals surface area contributed by atoms with Gasteiger partial charge in [0.2, 0.25) is 0 Å². The van der Waals surface area contributed by atoms with Gasteiger partial charge in [0.05, 0.1) is 18.8 Å². The molecule has 0 spiro atoms. The van der Waals surface area contributed by atoms with Crippen LogP contribution in [0.5, 0.6) is 0 Å². The summed E-state index contributed by atoms with van der Waals surface area (Å²) in [6, 6.07) is 0. The first-order valence-corrected chi connectivity index (χ1v) is 11.1. The highest BCUT2D eigenvalue weighted by molar-refractivity contribution is 8.00. The fourth-order valence-electron chi connectivity index (χ4n) is 4.13. The topological polar surface area (TPSA) is 53.0 Å². The third-order valence-electron chi connectivity index (χ3n) is 4.95. The Morgan fingerprint density at radius 1 is 1.37 bits per heavy atom. The second-order valence-electron chi connectivity index (χ2n) is 8.83. The molecular weight excluding hydrogens is 360 g/mol. The van der Waals surface area contributed by atoms with Crippen molar-refractivity contribution in [1.82, 2.24) is 9.80 Å². The number of hydrogen-bond acceptors (Lipinski definition) is 5. The van der Waals surface area contributed by atoms with E-state index in [1.807, 2.05) is 6.92 Å². The molecule has 2 unspecified atom stereocenters. The molecule has 6 heteroatoms. The Kier molecular flexibility index (Phi) is 7.69. The Bertz CT molecular complexity index is 589. The van der Waals surface area contributed by atoms with Crippen molar-refractivity contribution in [2.75, 3.05) is 38.6 Å². The maximum absolute atomic E-state index is 12.0. The minimum atomic E-state index is -0.802. The zero-order valence-corrected chi connectivity index (χ0v) is 18.6. The van der Waals surface area contributed by atoms with Gasteiger partial charge in [-0.2, -0.15) is 0 Å². The molecule has 2 aliphatic heterocycles. The number of aliphatic carboxylic acids is 1. The standard InChI is InChI=1S/C21H36N2O3S/c1-7-27-19-18(20(24)25)16(3)12-17(22-8-10-26-11-9-22)23(19)14-15(2)13-21(4,5)6/h12,15,19H,7-11,13-14H2,1-6H3,(H,24,25). The zero-order valence-electron chi connectivity index (χ0n) is 17.7. The van der Waals surface area contributed by atoms with Gasteiger partial charge in [-0.25, -0.2) is 4.79 Å². The van der Waals surface area contributed by atoms with Gasteiger partial charge >= 0.3 is 5.97 Å². The molecule has 2 aliphatic rings. The Morgan fingerprint density at radius 3 is 2.52 bits per heavy atom. The van der Waals surface area contributed by atoms with Crippen molar-refractivity contribution >= 4 is 17.7 Å². The highest BCUT2D eigenvalue weighted by Crippen LogP contribution is 2.37. The van der Waals surface area contributed by atoms with Gasteiger partial charge in [0.25, 0.3) is 0 Å². The molecule has 27 heavy (non-hydrogen) atoms. The first-order chi connectivity index (χ1) is 12.6. The van der Waals surface area contributed by atoms with Gasteiger partial charge in [0.1, 0.15) is 11.2 Å². The summed E-state index contributed by atoms with van der Waals surface area (Å²) in [6.07, 6.45) is 3.18. The minimum Gasteiger partial charge on any atom is -0.478 e. The molecule has 5 nitrogen and oxygen atoms in total. The fourth-order valence-corrected chi connectivity index (χ4v) is 5.27. The summed E-state index contributed by atoms with van der Waals surface area (Å²) >= 11 is 1.72. The number of morpholine rings is 1. The number of ether oxygens (including phenoxy) is 1. The van der Waals surface area contributed by atoms with Crippen LogP contribution in [0.25, 0.3) is 0 Å². The van der Waals surface area contributed by atoms with Gasteiger partial charge in [-0.05, 0) is 42.1 Å². The normalized spacial score (nSPS) is 22.7. The number of rotatable bonds is 7. The van der Waals surface area contributed by atoms with E-state index in [0.717, 1.165) is 56.4 Å². The first-order valence-electron chi connectivity index (χ1n) is 10.0. The maximum atomic E-state index is 12.0. The van der Waals surface area contributed by atoms with E-state index in [4.69, 9.17) is 4.74 Å². The molecule has 0 amide bonds. The van der Waals surface area contributed by atoms with Crippen molar-refractivity contribution < 1.29 is 14.6 Å². The van der Waals surface area contributed by atoms with E-state index in [1.54, 1.807) is 11.8 Å². The van der Waals surface area contributed by atoms with E-state index in [0.29, 0.717) is 11.5 Å². The Labute approximate surface area is 168 Å². The molecule has 0 saturated carbocycles. The van der Waals surface area contributed by atoms with Crippen molar-refractivity contribution in [3.63, 3.8) is 0 Å². The lowest BCUT2D eigenvalue weighted by atomic mass is 9.85. The lowest BCUT2D eigenvalue weighted by Gasteiger charge is -2.45. The Morgan fingerprint density at radius 2 is 2.00 bits per heavy atom. The zero-order chi connectivity index (χ0) is 20.2. The molecule has 2 atom stereocenters. The van der Waals surface area contributed by atoms with Crippen LogP contribution in [-0.4, -0.2) is 64.9 Å². The predicted molar refractivity (Wildman–Crippen MR) is 113 cm³/mol. The molecule has 0 aromatic rings. The number of nitrogens with zero attached hydrogens (tertiary/aromatic N) is 2. The second kappa shape index (κ2) is 9.37. The SMILES string of the molecule is CCSC1C(C(=O)O)=C(C)C=C(N2CCOCC2)N1CC(C)CC(C)(C)C. The third-order valence-corrected chi connectivity index (χ3v) is 6.09. The summed E-state index contributed by atoms with van der Waals surface area (Å²) in [4.78, 5) is 16.7. The van der Waals surface area contributed by atoms with Crippen LogP contribution in [0.2, 0.25) is 0 Å². The van der Waals surface area contributed by atoms with Crippen molar-refractivity contribution in [2.24, 2.45) is 11.3 Å². The average molecular weight is 397 g/mol. The minimum absolute atomic E-state index is 0.141. The van der Waals surface area contributed by atoms with Crippen molar-refractivity contribution in [3.05, 3.63) is 23.0 Å². The van der Waals surface area contributed by atoms with E-state index in [-0.39, 0.29) is 10.8 Å². The van der Waals surface area contributed by atoms with E-state index in [2.05, 4.69) is 50.5 Å². The van der Waals surface area contributed by atoms with E-state index in [9.17, 15) is 9.90 Å². The highest BCUT2D eigenvalue weighted by Gasteiger charge is 2.36. The molecule has 0 aromatic carbocycles. The van der Waals surface area contributed by atoms with Crippen LogP contribution < -0.4 is 0 Å². The summed E-state index contributed by atoms with van der Waals surface area (Å²) in [5, 5.41) is 9.74. The number of allylic oxidation sites excluding steroid dienone is 2. The lowest BCUT2D eigenvalue weighted by molar-refractivity contribution is -0.133. The molecule has 0 radical (unpaired) electrons. The summed E-state index contributed by atoms with van der Waals surface area (Å²) in [7, 11) is 0. The molecule has 1 saturated heterocycles. The Balaban J connectivity index is 2.38. The van der Waals surface area contributed by atoms with Crippen LogP contribution >= 0.6 is 11.8 Å². The van der Waals surface area contributed by atoms with Crippen molar-refractivity contribution in [3.8, 4) is 0 Å². The summed E-state index contributed by atoms with van der Waals surface area (Å²) in [5.41, 5.74) is 1.66. The van der Waals surface area contributed by atoms with Gasteiger partial charge in [-0.1, -0.05) is 34.6 Å². The van der Waals surface area contributed by atoms with Gasteiger partial charge in [-0.3, -0.25) is 0 Å². The van der Waals surface area contributed by atoms with Crippen LogP contribution in [0, 0.1) is 11.3 Å². The van der Waals surface area contributed by atoms with E-state index < -0.39 is 5.97 Å². The van der Waals surface area contributed by atoms with Gasteiger partial charge in [0.15, 0.2) is 0 Å². The van der Waals surface area contributed by atoms with Crippen LogP contribution in [0.3, 0.4) is 0 Å². The maximum Gasteiger partial charge on any atom is 0.334 e. The largest absolute Gasteiger partial charge is 0.478 e. The van der Waals surface area contributed by atoms with Crippen molar-refractivity contribution in [1.29, 1.82) is 0 Å². The fraction of sp³-hybridized carbons (Fsp3) is 0.762. The van der Waals surface area contributed by atoms with Crippen LogP contribution in [0.1, 0.15) is 48.0 Å². The molecular formula is C21H36N2O3S. The monoisotopic (exact) mass is 396 g/mol. The Hall–Kier alpha value is -1.14. The molecule has 1 N–H and O–H groups in total. The number of carboxylic acid groups (broad SMARTS) is 1. The predicted octanol–water partition coefficient (Wildman–Crippen LogP) is 4.03. The van der Waals surface area contributed by atoms with Gasteiger partial charge < -0.3 is 19.6 Å². The van der Waals surface area contributed by atoms with Gasteiger partial charge in [0, 0.05) is 19.6 Å². The van der Waals surface area contributed by atoms with E-state index in [1.165, 1.54) is 0 Å². The number of carbonyl (C=O) groups is 1. The lowest BCUT2D eigenvalue weighted by Crippen LogP contribution is -2.49. The van der Waals surface area contributed by atoms with Gasteiger partial charge in [-0.15, -0.1) is 11.8 Å². The summed E-state index contributed by atoms with van der Waals surface area (Å²) in [6.45, 7) is 17.1. The molecule has 0 aliphatic carbocycles. The van der Waals surface area contributed by atoms with Crippen molar-refractivity contribution in [2.45, 2.75) is 53.3 Å². The summed E-state index contributed by atoms with van der Waals surface area (Å²) in [5.74, 6) is 1.72. The molecule has 0 bridgehead atoms. The van der Waals surface area contributed by atoms with Crippen LogP contribution in [0.4, 0.5) is 0 Å². The smallest absolute Gasteiger partial charge is 0.334 e. The van der Waals surface area contributed by atoms with E-state index >= 15 is 0 Å². The molecule has 1 fully saturated rings. The molecule has 154 valence electrons.